The minimum absolute atomic E-state index is 0.0856. The predicted octanol–water partition coefficient (Wildman–Crippen LogP) is 2.80. The molecule has 2 rings (SSSR count). The summed E-state index contributed by atoms with van der Waals surface area (Å²) in [6.07, 6.45) is 1.48. The zero-order valence-corrected chi connectivity index (χ0v) is 16.6. The molecule has 1 saturated heterocycles. The van der Waals surface area contributed by atoms with Gasteiger partial charge >= 0.3 is 0 Å². The van der Waals surface area contributed by atoms with Crippen molar-refractivity contribution >= 4 is 27.5 Å². The fourth-order valence-corrected chi connectivity index (χ4v) is 3.57. The average Bonchev–Trinajstić information content (AvgIpc) is 2.61. The van der Waals surface area contributed by atoms with E-state index in [1.807, 2.05) is 0 Å². The monoisotopic (exact) mass is 400 g/mol. The molecular formula is C18H25ClN2O4S. The van der Waals surface area contributed by atoms with E-state index in [2.05, 4.69) is 11.3 Å². The molecule has 1 amide bonds. The smallest absolute Gasteiger partial charge is 0.266 e. The van der Waals surface area contributed by atoms with E-state index in [4.69, 9.17) is 16.3 Å². The van der Waals surface area contributed by atoms with E-state index in [1.165, 1.54) is 0 Å². The Labute approximate surface area is 160 Å². The zero-order chi connectivity index (χ0) is 19.4. The molecule has 1 N–H and O–H groups in total. The maximum Gasteiger partial charge on any atom is 0.266 e. The van der Waals surface area contributed by atoms with Crippen molar-refractivity contribution in [1.82, 2.24) is 9.62 Å². The fraction of sp³-hybridized carbons (Fsp3) is 0.500. The molecule has 1 aromatic carbocycles. The number of piperidine rings is 1. The van der Waals surface area contributed by atoms with Crippen LogP contribution in [0.15, 0.2) is 36.3 Å². The number of sulfonamides is 1. The summed E-state index contributed by atoms with van der Waals surface area (Å²) in [5, 5.41) is 1.51. The molecule has 1 aliphatic rings. The van der Waals surface area contributed by atoms with Crippen LogP contribution in [0.4, 0.5) is 0 Å². The fourth-order valence-electron chi connectivity index (χ4n) is 2.85. The summed E-state index contributed by atoms with van der Waals surface area (Å²) in [7, 11) is -3.41. The number of hydrogen-bond acceptors (Lipinski definition) is 4. The summed E-state index contributed by atoms with van der Waals surface area (Å²) in [6.45, 7) is 8.28. The van der Waals surface area contributed by atoms with Crippen LogP contribution in [0, 0.1) is 5.92 Å². The number of carbonyl (C=O) groups is 1. The van der Waals surface area contributed by atoms with Crippen molar-refractivity contribution in [2.24, 2.45) is 5.92 Å². The SMILES string of the molecule is C=CS(=O)(=O)NCC1CCN(C(=O)C(C)(C)Oc2ccc(Cl)cc2)CC1. The van der Waals surface area contributed by atoms with Gasteiger partial charge in [0, 0.05) is 30.1 Å². The zero-order valence-electron chi connectivity index (χ0n) is 15.1. The molecule has 144 valence electrons. The highest BCUT2D eigenvalue weighted by Crippen LogP contribution is 2.25. The van der Waals surface area contributed by atoms with Crippen LogP contribution in [0.25, 0.3) is 0 Å². The van der Waals surface area contributed by atoms with Gasteiger partial charge in [-0.3, -0.25) is 4.79 Å². The highest BCUT2D eigenvalue weighted by atomic mass is 35.5. The van der Waals surface area contributed by atoms with Gasteiger partial charge in [-0.05, 0) is 56.9 Å². The Balaban J connectivity index is 1.88. The number of likely N-dealkylation sites (tertiary alicyclic amines) is 1. The quantitative estimate of drug-likeness (QED) is 0.763. The highest BCUT2D eigenvalue weighted by molar-refractivity contribution is 7.92. The van der Waals surface area contributed by atoms with Gasteiger partial charge < -0.3 is 9.64 Å². The Morgan fingerprint density at radius 2 is 1.92 bits per heavy atom. The molecule has 0 saturated carbocycles. The van der Waals surface area contributed by atoms with E-state index in [-0.39, 0.29) is 11.8 Å². The van der Waals surface area contributed by atoms with E-state index in [9.17, 15) is 13.2 Å². The summed E-state index contributed by atoms with van der Waals surface area (Å²) in [5.41, 5.74) is -0.995. The Morgan fingerprint density at radius 1 is 1.35 bits per heavy atom. The lowest BCUT2D eigenvalue weighted by Crippen LogP contribution is -2.51. The molecule has 26 heavy (non-hydrogen) atoms. The summed E-state index contributed by atoms with van der Waals surface area (Å²) in [4.78, 5) is 14.6. The van der Waals surface area contributed by atoms with Gasteiger partial charge in [0.1, 0.15) is 5.75 Å². The van der Waals surface area contributed by atoms with Crippen molar-refractivity contribution in [1.29, 1.82) is 0 Å². The van der Waals surface area contributed by atoms with E-state index in [1.54, 1.807) is 43.0 Å². The molecule has 0 spiro atoms. The van der Waals surface area contributed by atoms with Gasteiger partial charge in [-0.2, -0.15) is 0 Å². The van der Waals surface area contributed by atoms with Crippen LogP contribution in [0.3, 0.4) is 0 Å². The average molecular weight is 401 g/mol. The van der Waals surface area contributed by atoms with Crippen molar-refractivity contribution < 1.29 is 17.9 Å². The molecule has 1 aromatic rings. The summed E-state index contributed by atoms with van der Waals surface area (Å²) >= 11 is 5.87. The van der Waals surface area contributed by atoms with Gasteiger partial charge in [0.15, 0.2) is 5.60 Å². The molecule has 8 heteroatoms. The largest absolute Gasteiger partial charge is 0.478 e. The first-order valence-corrected chi connectivity index (χ1v) is 10.4. The van der Waals surface area contributed by atoms with Crippen molar-refractivity contribution in [3.63, 3.8) is 0 Å². The number of halogens is 1. The van der Waals surface area contributed by atoms with E-state index in [0.29, 0.717) is 30.4 Å². The molecule has 1 heterocycles. The lowest BCUT2D eigenvalue weighted by molar-refractivity contribution is -0.146. The van der Waals surface area contributed by atoms with E-state index in [0.717, 1.165) is 18.2 Å². The van der Waals surface area contributed by atoms with Crippen LogP contribution < -0.4 is 9.46 Å². The van der Waals surface area contributed by atoms with Crippen LogP contribution >= 0.6 is 11.6 Å². The van der Waals surface area contributed by atoms with Crippen LogP contribution in [0.1, 0.15) is 26.7 Å². The lowest BCUT2D eigenvalue weighted by Gasteiger charge is -2.37. The van der Waals surface area contributed by atoms with Crippen LogP contribution in [0.2, 0.25) is 5.02 Å². The van der Waals surface area contributed by atoms with Gasteiger partial charge in [-0.25, -0.2) is 13.1 Å². The third-order valence-electron chi connectivity index (χ3n) is 4.40. The summed E-state index contributed by atoms with van der Waals surface area (Å²) in [6, 6.07) is 6.89. The second-order valence-electron chi connectivity index (χ2n) is 6.86. The predicted molar refractivity (Wildman–Crippen MR) is 103 cm³/mol. The molecule has 0 aromatic heterocycles. The standard InChI is InChI=1S/C18H25ClN2O4S/c1-4-26(23,24)20-13-14-9-11-21(12-10-14)17(22)18(2,3)25-16-7-5-15(19)6-8-16/h4-8,14,20H,1,9-13H2,2-3H3. The number of ether oxygens (including phenoxy) is 1. The number of amides is 1. The summed E-state index contributed by atoms with van der Waals surface area (Å²) in [5.74, 6) is 0.702. The molecule has 1 aliphatic heterocycles. The van der Waals surface area contributed by atoms with Gasteiger partial charge in [-0.15, -0.1) is 0 Å². The van der Waals surface area contributed by atoms with Crippen molar-refractivity contribution in [3.05, 3.63) is 41.3 Å². The summed E-state index contributed by atoms with van der Waals surface area (Å²) < 4.78 is 31.2. The van der Waals surface area contributed by atoms with E-state index < -0.39 is 15.6 Å². The maximum absolute atomic E-state index is 12.8. The Morgan fingerprint density at radius 3 is 2.46 bits per heavy atom. The Hall–Kier alpha value is -1.57. The number of hydrogen-bond donors (Lipinski definition) is 1. The van der Waals surface area contributed by atoms with Crippen molar-refractivity contribution in [2.45, 2.75) is 32.3 Å². The second-order valence-corrected chi connectivity index (χ2v) is 9.01. The third kappa shape index (κ3) is 5.72. The van der Waals surface area contributed by atoms with Gasteiger partial charge in [-0.1, -0.05) is 18.2 Å². The first-order chi connectivity index (χ1) is 12.1. The molecule has 0 bridgehead atoms. The van der Waals surface area contributed by atoms with E-state index >= 15 is 0 Å². The topological polar surface area (TPSA) is 75.7 Å². The van der Waals surface area contributed by atoms with Crippen molar-refractivity contribution in [2.75, 3.05) is 19.6 Å². The Bertz CT molecular complexity index is 739. The first kappa shape index (κ1) is 20.7. The molecule has 0 atom stereocenters. The van der Waals surface area contributed by atoms with Crippen LogP contribution in [-0.4, -0.2) is 44.5 Å². The maximum atomic E-state index is 12.8. The second kappa shape index (κ2) is 8.41. The third-order valence-corrected chi connectivity index (χ3v) is 5.66. The molecular weight excluding hydrogens is 376 g/mol. The lowest BCUT2D eigenvalue weighted by atomic mass is 9.95. The number of benzene rings is 1. The van der Waals surface area contributed by atoms with Gasteiger partial charge in [0.05, 0.1) is 0 Å². The number of rotatable bonds is 7. The van der Waals surface area contributed by atoms with Crippen LogP contribution in [0.5, 0.6) is 5.75 Å². The van der Waals surface area contributed by atoms with Crippen molar-refractivity contribution in [3.8, 4) is 5.75 Å². The molecule has 1 fully saturated rings. The Kier molecular flexibility index (Phi) is 6.71. The van der Waals surface area contributed by atoms with Gasteiger partial charge in [0.2, 0.25) is 10.0 Å². The minimum atomic E-state index is -3.41. The highest BCUT2D eigenvalue weighted by Gasteiger charge is 2.36. The molecule has 0 unspecified atom stereocenters. The molecule has 0 aliphatic carbocycles. The number of nitrogens with one attached hydrogen (secondary N) is 1. The number of nitrogens with zero attached hydrogens (tertiary/aromatic N) is 1. The normalized spacial score (nSPS) is 16.3. The van der Waals surface area contributed by atoms with Crippen LogP contribution in [-0.2, 0) is 14.8 Å². The first-order valence-electron chi connectivity index (χ1n) is 8.49. The molecule has 6 nitrogen and oxygen atoms in total. The van der Waals surface area contributed by atoms with Gasteiger partial charge in [0.25, 0.3) is 5.91 Å². The minimum Gasteiger partial charge on any atom is -0.478 e. The molecule has 0 radical (unpaired) electrons. The number of carbonyl (C=O) groups excluding carboxylic acids is 1.